The molecular formula is C49H88O15. The van der Waals surface area contributed by atoms with Gasteiger partial charge in [0.15, 0.2) is 18.7 Å². The largest absolute Gasteiger partial charge is 0.462 e. The number of rotatable bonds is 38. The molecule has 0 bridgehead atoms. The topological polar surface area (TPSA) is 231 Å². The van der Waals surface area contributed by atoms with E-state index >= 15 is 0 Å². The summed E-state index contributed by atoms with van der Waals surface area (Å²) in [5, 5.41) is 72.0. The van der Waals surface area contributed by atoms with Gasteiger partial charge in [0, 0.05) is 12.8 Å². The molecule has 11 atom stereocenters. The molecule has 4 unspecified atom stereocenters. The SMILES string of the molecule is CCCCCCCC/C=C/C/C=C/CCCCC(=O)O[C@H](COC(=O)CCCCCCCCCCCCCCC)CO[C@@H]1O[C@H](CO[C@@H]2O[C@H](CO)[C@H](O)C(O)C2O)[C@H](O)C(O)C1O. The predicted octanol–water partition coefficient (Wildman–Crippen LogP) is 6.38. The molecule has 374 valence electrons. The van der Waals surface area contributed by atoms with Gasteiger partial charge in [0.2, 0.25) is 0 Å². The lowest BCUT2D eigenvalue weighted by atomic mass is 9.98. The van der Waals surface area contributed by atoms with Gasteiger partial charge in [-0.05, 0) is 44.9 Å². The molecule has 7 N–H and O–H groups in total. The molecule has 15 nitrogen and oxygen atoms in total. The van der Waals surface area contributed by atoms with Crippen molar-refractivity contribution in [2.24, 2.45) is 0 Å². The molecule has 64 heavy (non-hydrogen) atoms. The molecule has 2 rings (SSSR count). The van der Waals surface area contributed by atoms with Crippen molar-refractivity contribution in [1.82, 2.24) is 0 Å². The molecular weight excluding hydrogens is 829 g/mol. The van der Waals surface area contributed by atoms with E-state index in [0.29, 0.717) is 12.8 Å². The van der Waals surface area contributed by atoms with Crippen LogP contribution in [0.5, 0.6) is 0 Å². The second-order valence-electron chi connectivity index (χ2n) is 17.6. The first-order valence-corrected chi connectivity index (χ1v) is 24.9. The van der Waals surface area contributed by atoms with Crippen LogP contribution in [0.2, 0.25) is 0 Å². The molecule has 0 spiro atoms. The highest BCUT2D eigenvalue weighted by atomic mass is 16.7. The fourth-order valence-electron chi connectivity index (χ4n) is 7.78. The molecule has 0 radical (unpaired) electrons. The molecule has 2 fully saturated rings. The van der Waals surface area contributed by atoms with Crippen LogP contribution in [0.4, 0.5) is 0 Å². The van der Waals surface area contributed by atoms with Gasteiger partial charge < -0.3 is 64.2 Å². The maximum absolute atomic E-state index is 13.0. The Labute approximate surface area is 383 Å². The van der Waals surface area contributed by atoms with Crippen LogP contribution in [0.1, 0.15) is 181 Å². The summed E-state index contributed by atoms with van der Waals surface area (Å²) in [4.78, 5) is 25.7. The summed E-state index contributed by atoms with van der Waals surface area (Å²) in [5.74, 6) is -0.958. The number of aliphatic hydroxyl groups excluding tert-OH is 7. The summed E-state index contributed by atoms with van der Waals surface area (Å²) in [5.41, 5.74) is 0. The normalized spacial score (nSPS) is 26.8. The van der Waals surface area contributed by atoms with Crippen LogP contribution in [0, 0.1) is 0 Å². The molecule has 2 saturated heterocycles. The fraction of sp³-hybridized carbons (Fsp3) is 0.878. The molecule has 0 aliphatic carbocycles. The van der Waals surface area contributed by atoms with Crippen LogP contribution in [-0.4, -0.2) is 142 Å². The van der Waals surface area contributed by atoms with Crippen molar-refractivity contribution in [2.45, 2.75) is 248 Å². The van der Waals surface area contributed by atoms with Crippen LogP contribution in [0.3, 0.4) is 0 Å². The highest BCUT2D eigenvalue weighted by molar-refractivity contribution is 5.70. The minimum atomic E-state index is -1.77. The third-order valence-corrected chi connectivity index (χ3v) is 11.9. The Hall–Kier alpha value is -2.02. The minimum Gasteiger partial charge on any atom is -0.462 e. The second kappa shape index (κ2) is 37.0. The van der Waals surface area contributed by atoms with Gasteiger partial charge >= 0.3 is 11.9 Å². The van der Waals surface area contributed by atoms with E-state index < -0.39 is 99.3 Å². The van der Waals surface area contributed by atoms with Crippen LogP contribution >= 0.6 is 0 Å². The maximum Gasteiger partial charge on any atom is 0.306 e. The zero-order valence-electron chi connectivity index (χ0n) is 39.3. The molecule has 0 saturated carbocycles. The van der Waals surface area contributed by atoms with Crippen molar-refractivity contribution < 1.29 is 73.8 Å². The Morgan fingerprint density at radius 1 is 0.500 bits per heavy atom. The Morgan fingerprint density at radius 3 is 1.48 bits per heavy atom. The van der Waals surface area contributed by atoms with Gasteiger partial charge in [-0.3, -0.25) is 9.59 Å². The number of unbranched alkanes of at least 4 members (excludes halogenated alkanes) is 20. The summed E-state index contributed by atoms with van der Waals surface area (Å²) in [6.45, 7) is 2.55. The molecule has 2 aliphatic rings. The third kappa shape index (κ3) is 25.2. The van der Waals surface area contributed by atoms with E-state index in [1.165, 1.54) is 96.3 Å². The summed E-state index contributed by atoms with van der Waals surface area (Å²) < 4.78 is 33.5. The van der Waals surface area contributed by atoms with Gasteiger partial charge in [-0.1, -0.05) is 147 Å². The number of hydrogen-bond acceptors (Lipinski definition) is 15. The summed E-state index contributed by atoms with van der Waals surface area (Å²) in [6, 6.07) is 0. The fourth-order valence-corrected chi connectivity index (χ4v) is 7.78. The average molecular weight is 917 g/mol. The highest BCUT2D eigenvalue weighted by Crippen LogP contribution is 2.26. The van der Waals surface area contributed by atoms with Gasteiger partial charge in [-0.25, -0.2) is 0 Å². The number of carbonyl (C=O) groups excluding carboxylic acids is 2. The van der Waals surface area contributed by atoms with E-state index in [1.807, 2.05) is 0 Å². The first kappa shape index (κ1) is 58.1. The molecule has 2 heterocycles. The standard InChI is InChI=1S/C49H88O15/c1-3-5-7-9-11-13-15-17-18-20-22-24-26-28-30-32-41(52)62-37(34-59-40(51)31-29-27-25-23-21-19-16-14-12-10-8-6-4-2)35-60-48-47(58)45(56)43(54)39(64-48)36-61-49-46(57)44(55)42(53)38(33-50)63-49/h17-18,22,24,37-39,42-50,53-58H,3-16,19-21,23,25-36H2,1-2H3/b18-17+,24-22+/t37-,38-,39-,42+,43+,44?,45?,46?,47?,48-,49-/m1/s1. The minimum absolute atomic E-state index is 0.125. The van der Waals surface area contributed by atoms with E-state index in [2.05, 4.69) is 38.2 Å². The van der Waals surface area contributed by atoms with Gasteiger partial charge in [-0.2, -0.15) is 0 Å². The molecule has 0 aromatic rings. The van der Waals surface area contributed by atoms with E-state index in [1.54, 1.807) is 0 Å². The van der Waals surface area contributed by atoms with Crippen LogP contribution < -0.4 is 0 Å². The number of allylic oxidation sites excluding steroid dienone is 4. The predicted molar refractivity (Wildman–Crippen MR) is 243 cm³/mol. The Kier molecular flexibility index (Phi) is 33.6. The highest BCUT2D eigenvalue weighted by Gasteiger charge is 2.47. The van der Waals surface area contributed by atoms with Gasteiger partial charge in [0.1, 0.15) is 55.4 Å². The maximum atomic E-state index is 13.0. The quantitative estimate of drug-likeness (QED) is 0.0203. The van der Waals surface area contributed by atoms with E-state index in [9.17, 15) is 45.3 Å². The summed E-state index contributed by atoms with van der Waals surface area (Å²) in [7, 11) is 0. The lowest BCUT2D eigenvalue weighted by Gasteiger charge is -2.42. The molecule has 0 aromatic heterocycles. The molecule has 2 aliphatic heterocycles. The zero-order valence-corrected chi connectivity index (χ0v) is 39.3. The van der Waals surface area contributed by atoms with Crippen molar-refractivity contribution in [3.63, 3.8) is 0 Å². The van der Waals surface area contributed by atoms with Crippen molar-refractivity contribution in [3.8, 4) is 0 Å². The zero-order chi connectivity index (χ0) is 46.8. The Balaban J connectivity index is 1.84. The average Bonchev–Trinajstić information content (AvgIpc) is 3.29. The van der Waals surface area contributed by atoms with Crippen molar-refractivity contribution in [3.05, 3.63) is 24.3 Å². The number of carbonyl (C=O) groups is 2. The number of aliphatic hydroxyl groups is 7. The molecule has 0 amide bonds. The second-order valence-corrected chi connectivity index (χ2v) is 17.6. The lowest BCUT2D eigenvalue weighted by Crippen LogP contribution is -2.61. The van der Waals surface area contributed by atoms with Crippen molar-refractivity contribution in [2.75, 3.05) is 26.4 Å². The summed E-state index contributed by atoms with van der Waals surface area (Å²) >= 11 is 0. The molecule has 15 heteroatoms. The Bertz CT molecular complexity index is 1220. The monoisotopic (exact) mass is 917 g/mol. The number of esters is 2. The molecule has 0 aromatic carbocycles. The Morgan fingerprint density at radius 2 is 0.938 bits per heavy atom. The van der Waals surface area contributed by atoms with Crippen molar-refractivity contribution in [1.29, 1.82) is 0 Å². The van der Waals surface area contributed by atoms with Gasteiger partial charge in [0.05, 0.1) is 19.8 Å². The van der Waals surface area contributed by atoms with Crippen LogP contribution in [-0.2, 0) is 38.0 Å². The number of hydrogen-bond donors (Lipinski definition) is 7. The van der Waals surface area contributed by atoms with Crippen LogP contribution in [0.15, 0.2) is 24.3 Å². The first-order valence-electron chi connectivity index (χ1n) is 24.9. The van der Waals surface area contributed by atoms with E-state index in [0.717, 1.165) is 44.9 Å². The van der Waals surface area contributed by atoms with Gasteiger partial charge in [-0.15, -0.1) is 0 Å². The van der Waals surface area contributed by atoms with Crippen molar-refractivity contribution >= 4 is 11.9 Å². The van der Waals surface area contributed by atoms with Gasteiger partial charge in [0.25, 0.3) is 0 Å². The third-order valence-electron chi connectivity index (χ3n) is 11.9. The van der Waals surface area contributed by atoms with Crippen LogP contribution in [0.25, 0.3) is 0 Å². The first-order chi connectivity index (χ1) is 31.0. The number of ether oxygens (including phenoxy) is 6. The smallest absolute Gasteiger partial charge is 0.306 e. The van der Waals surface area contributed by atoms with E-state index in [-0.39, 0.29) is 19.4 Å². The summed E-state index contributed by atoms with van der Waals surface area (Å²) in [6.07, 6.45) is 19.3. The lowest BCUT2D eigenvalue weighted by molar-refractivity contribution is -0.332. The van der Waals surface area contributed by atoms with E-state index in [4.69, 9.17) is 28.4 Å².